The van der Waals surface area contributed by atoms with Gasteiger partial charge >= 0.3 is 0 Å². The van der Waals surface area contributed by atoms with E-state index < -0.39 is 0 Å². The monoisotopic (exact) mass is 236 g/mol. The van der Waals surface area contributed by atoms with Crippen LogP contribution in [-0.2, 0) is 0 Å². The van der Waals surface area contributed by atoms with E-state index in [-0.39, 0.29) is 11.9 Å². The first-order valence-corrected chi connectivity index (χ1v) is 6.31. The summed E-state index contributed by atoms with van der Waals surface area (Å²) in [5.74, 6) is 0.410. The normalized spacial score (nSPS) is 22.7. The van der Waals surface area contributed by atoms with Gasteiger partial charge in [-0.2, -0.15) is 0 Å². The predicted molar refractivity (Wildman–Crippen MR) is 68.4 cm³/mol. The van der Waals surface area contributed by atoms with Gasteiger partial charge in [-0.1, -0.05) is 18.2 Å². The van der Waals surface area contributed by atoms with Crippen molar-refractivity contribution in [2.45, 2.75) is 18.9 Å². The van der Waals surface area contributed by atoms with Crippen molar-refractivity contribution in [1.29, 1.82) is 0 Å². The van der Waals surface area contributed by atoms with Crippen LogP contribution >= 0.6 is 0 Å². The minimum absolute atomic E-state index is 0.0863. The van der Waals surface area contributed by atoms with Crippen molar-refractivity contribution in [2.75, 3.05) is 27.2 Å². The minimum Gasteiger partial charge on any atom is -0.316 e. The third-order valence-electron chi connectivity index (χ3n) is 3.56. The van der Waals surface area contributed by atoms with Gasteiger partial charge in [0.05, 0.1) is 0 Å². The van der Waals surface area contributed by atoms with Gasteiger partial charge < -0.3 is 10.2 Å². The molecular formula is C14H21FN2. The largest absolute Gasteiger partial charge is 0.316 e. The first-order chi connectivity index (χ1) is 8.20. The van der Waals surface area contributed by atoms with Crippen molar-refractivity contribution in [3.8, 4) is 0 Å². The SMILES string of the molecule is CN(C)C(c1ccccc1F)C1CCCNC1. The highest BCUT2D eigenvalue weighted by atomic mass is 19.1. The van der Waals surface area contributed by atoms with Crippen LogP contribution in [0.15, 0.2) is 24.3 Å². The lowest BCUT2D eigenvalue weighted by atomic mass is 9.86. The highest BCUT2D eigenvalue weighted by Crippen LogP contribution is 2.32. The van der Waals surface area contributed by atoms with Crippen LogP contribution in [-0.4, -0.2) is 32.1 Å². The van der Waals surface area contributed by atoms with E-state index in [2.05, 4.69) is 10.2 Å². The maximum atomic E-state index is 13.9. The molecule has 0 aromatic heterocycles. The minimum atomic E-state index is -0.0863. The van der Waals surface area contributed by atoms with Crippen LogP contribution in [0.1, 0.15) is 24.4 Å². The van der Waals surface area contributed by atoms with E-state index in [1.54, 1.807) is 12.1 Å². The number of nitrogens with one attached hydrogen (secondary N) is 1. The molecule has 1 aromatic carbocycles. The van der Waals surface area contributed by atoms with E-state index in [1.807, 2.05) is 26.2 Å². The maximum absolute atomic E-state index is 13.9. The maximum Gasteiger partial charge on any atom is 0.127 e. The second-order valence-corrected chi connectivity index (χ2v) is 5.04. The molecule has 94 valence electrons. The smallest absolute Gasteiger partial charge is 0.127 e. The predicted octanol–water partition coefficient (Wildman–Crippen LogP) is 2.43. The molecule has 2 unspecified atom stereocenters. The number of hydrogen-bond acceptors (Lipinski definition) is 2. The number of piperidine rings is 1. The summed E-state index contributed by atoms with van der Waals surface area (Å²) in [5.41, 5.74) is 0.825. The average molecular weight is 236 g/mol. The molecule has 2 rings (SSSR count). The fourth-order valence-electron chi connectivity index (χ4n) is 2.82. The number of nitrogens with zero attached hydrogens (tertiary/aromatic N) is 1. The molecule has 1 aliphatic rings. The summed E-state index contributed by atoms with van der Waals surface area (Å²) in [6.07, 6.45) is 2.35. The molecule has 1 aliphatic heterocycles. The van der Waals surface area contributed by atoms with E-state index in [1.165, 1.54) is 12.8 Å². The zero-order chi connectivity index (χ0) is 12.3. The topological polar surface area (TPSA) is 15.3 Å². The Morgan fingerprint density at radius 3 is 2.71 bits per heavy atom. The van der Waals surface area contributed by atoms with Gasteiger partial charge in [0.2, 0.25) is 0 Å². The van der Waals surface area contributed by atoms with Crippen molar-refractivity contribution >= 4 is 0 Å². The summed E-state index contributed by atoms with van der Waals surface area (Å²) in [4.78, 5) is 2.13. The zero-order valence-electron chi connectivity index (χ0n) is 10.6. The Hall–Kier alpha value is -0.930. The molecule has 1 saturated heterocycles. The third-order valence-corrected chi connectivity index (χ3v) is 3.56. The number of hydrogen-bond donors (Lipinski definition) is 1. The number of halogens is 1. The van der Waals surface area contributed by atoms with Crippen LogP contribution in [0.25, 0.3) is 0 Å². The van der Waals surface area contributed by atoms with Crippen LogP contribution in [0.2, 0.25) is 0 Å². The van der Waals surface area contributed by atoms with Crippen molar-refractivity contribution in [3.05, 3.63) is 35.6 Å². The van der Waals surface area contributed by atoms with Gasteiger partial charge in [0.15, 0.2) is 0 Å². The summed E-state index contributed by atoms with van der Waals surface area (Å²) in [6.45, 7) is 2.07. The molecule has 1 fully saturated rings. The van der Waals surface area contributed by atoms with Gasteiger partial charge in [-0.05, 0) is 52.0 Å². The second-order valence-electron chi connectivity index (χ2n) is 5.04. The van der Waals surface area contributed by atoms with E-state index in [4.69, 9.17) is 0 Å². The first-order valence-electron chi connectivity index (χ1n) is 6.31. The lowest BCUT2D eigenvalue weighted by Gasteiger charge is -2.35. The molecule has 0 aliphatic carbocycles. The van der Waals surface area contributed by atoms with E-state index >= 15 is 0 Å². The summed E-state index contributed by atoms with van der Waals surface area (Å²) in [7, 11) is 4.07. The Balaban J connectivity index is 2.25. The van der Waals surface area contributed by atoms with E-state index in [0.29, 0.717) is 5.92 Å². The second kappa shape index (κ2) is 5.61. The van der Waals surface area contributed by atoms with Crippen molar-refractivity contribution in [3.63, 3.8) is 0 Å². The van der Waals surface area contributed by atoms with Gasteiger partial charge in [0.1, 0.15) is 5.82 Å². The molecular weight excluding hydrogens is 215 g/mol. The molecule has 0 bridgehead atoms. The lowest BCUT2D eigenvalue weighted by Crippen LogP contribution is -2.38. The van der Waals surface area contributed by atoms with Gasteiger partial charge in [-0.25, -0.2) is 4.39 Å². The number of rotatable bonds is 3. The van der Waals surface area contributed by atoms with Crippen molar-refractivity contribution in [2.24, 2.45) is 5.92 Å². The van der Waals surface area contributed by atoms with Crippen molar-refractivity contribution < 1.29 is 4.39 Å². The molecule has 3 heteroatoms. The molecule has 0 spiro atoms. The van der Waals surface area contributed by atoms with Crippen LogP contribution < -0.4 is 5.32 Å². The van der Waals surface area contributed by atoms with Crippen LogP contribution in [0.3, 0.4) is 0 Å². The van der Waals surface area contributed by atoms with Gasteiger partial charge in [0, 0.05) is 11.6 Å². The Kier molecular flexibility index (Phi) is 4.13. The summed E-state index contributed by atoms with van der Waals surface area (Å²) in [5, 5.41) is 3.41. The van der Waals surface area contributed by atoms with Gasteiger partial charge in [-0.15, -0.1) is 0 Å². The van der Waals surface area contributed by atoms with Crippen LogP contribution in [0.4, 0.5) is 4.39 Å². The molecule has 2 nitrogen and oxygen atoms in total. The van der Waals surface area contributed by atoms with E-state index in [0.717, 1.165) is 18.7 Å². The standard InChI is InChI=1S/C14H21FN2/c1-17(2)14(11-6-5-9-16-10-11)12-7-3-4-8-13(12)15/h3-4,7-8,11,14,16H,5-6,9-10H2,1-2H3. The molecule has 0 saturated carbocycles. The molecule has 17 heavy (non-hydrogen) atoms. The zero-order valence-corrected chi connectivity index (χ0v) is 10.6. The summed E-state index contributed by atoms with van der Waals surface area (Å²) < 4.78 is 13.9. The number of benzene rings is 1. The van der Waals surface area contributed by atoms with Gasteiger partial charge in [-0.3, -0.25) is 0 Å². The van der Waals surface area contributed by atoms with Crippen LogP contribution in [0, 0.1) is 11.7 Å². The fraction of sp³-hybridized carbons (Fsp3) is 0.571. The highest BCUT2D eigenvalue weighted by molar-refractivity contribution is 5.22. The molecule has 0 amide bonds. The molecule has 2 atom stereocenters. The Morgan fingerprint density at radius 1 is 1.35 bits per heavy atom. The van der Waals surface area contributed by atoms with E-state index in [9.17, 15) is 4.39 Å². The van der Waals surface area contributed by atoms with Gasteiger partial charge in [0.25, 0.3) is 0 Å². The first kappa shape index (κ1) is 12.5. The Morgan fingerprint density at radius 2 is 2.12 bits per heavy atom. The molecule has 1 aromatic rings. The van der Waals surface area contributed by atoms with Crippen molar-refractivity contribution in [1.82, 2.24) is 10.2 Å². The summed E-state index contributed by atoms with van der Waals surface area (Å²) in [6, 6.07) is 7.32. The fourth-order valence-corrected chi connectivity index (χ4v) is 2.82. The highest BCUT2D eigenvalue weighted by Gasteiger charge is 2.28. The molecule has 1 N–H and O–H groups in total. The third kappa shape index (κ3) is 2.85. The Labute approximate surface area is 103 Å². The lowest BCUT2D eigenvalue weighted by molar-refractivity contribution is 0.177. The average Bonchev–Trinajstić information content (AvgIpc) is 2.33. The molecule has 1 heterocycles. The summed E-state index contributed by atoms with van der Waals surface area (Å²) >= 11 is 0. The molecule has 0 radical (unpaired) electrons. The quantitative estimate of drug-likeness (QED) is 0.867. The Bertz CT molecular complexity index is 359. The van der Waals surface area contributed by atoms with Crippen LogP contribution in [0.5, 0.6) is 0 Å².